The number of carbonyl (C=O) groups is 1. The van der Waals surface area contributed by atoms with Crippen molar-refractivity contribution in [3.05, 3.63) is 48.5 Å². The molecule has 3 aromatic rings. The van der Waals surface area contributed by atoms with Gasteiger partial charge in [-0.15, -0.1) is 0 Å². The quantitative estimate of drug-likeness (QED) is 0.481. The molecule has 0 saturated carbocycles. The SMILES string of the molecule is C[C@]1(C(=O)O)Nc2c3ncn(Cc4ccccc4)c3nc[n+]2[C@](C)(O)[C@@H]1O. The van der Waals surface area contributed by atoms with Gasteiger partial charge >= 0.3 is 5.97 Å². The average Bonchev–Trinajstić information content (AvgIpc) is 3.04. The second-order valence-electron chi connectivity index (χ2n) is 7.12. The molecule has 0 aliphatic carbocycles. The van der Waals surface area contributed by atoms with Crippen LogP contribution in [0.3, 0.4) is 0 Å². The van der Waals surface area contributed by atoms with Gasteiger partial charge in [0.05, 0.1) is 12.9 Å². The maximum Gasteiger partial charge on any atom is 0.346 e. The molecule has 0 bridgehead atoms. The molecule has 1 aliphatic heterocycles. The zero-order valence-corrected chi connectivity index (χ0v) is 14.9. The van der Waals surface area contributed by atoms with Crippen LogP contribution in [0.15, 0.2) is 43.0 Å². The van der Waals surface area contributed by atoms with Crippen LogP contribution in [0.1, 0.15) is 19.4 Å². The number of fused-ring (bicyclic) bond motifs is 3. The van der Waals surface area contributed by atoms with E-state index in [2.05, 4.69) is 15.3 Å². The van der Waals surface area contributed by atoms with Gasteiger partial charge in [0.1, 0.15) is 0 Å². The summed E-state index contributed by atoms with van der Waals surface area (Å²) in [7, 11) is 0. The Morgan fingerprint density at radius 3 is 2.67 bits per heavy atom. The van der Waals surface area contributed by atoms with Gasteiger partial charge in [0.15, 0.2) is 11.6 Å². The van der Waals surface area contributed by atoms with Crippen LogP contribution >= 0.6 is 0 Å². The zero-order chi connectivity index (χ0) is 19.4. The summed E-state index contributed by atoms with van der Waals surface area (Å²) in [6, 6.07) is 9.79. The Balaban J connectivity index is 1.86. The first-order chi connectivity index (χ1) is 12.7. The lowest BCUT2D eigenvalue weighted by Gasteiger charge is -2.41. The maximum absolute atomic E-state index is 11.8. The lowest BCUT2D eigenvalue weighted by molar-refractivity contribution is -0.807. The van der Waals surface area contributed by atoms with E-state index in [-0.39, 0.29) is 5.82 Å². The number of aliphatic hydroxyl groups is 2. The normalized spacial score (nSPS) is 27.2. The van der Waals surface area contributed by atoms with Crippen molar-refractivity contribution < 1.29 is 24.7 Å². The van der Waals surface area contributed by atoms with Gasteiger partial charge in [0.2, 0.25) is 23.2 Å². The third-order valence-electron chi connectivity index (χ3n) is 5.14. The first kappa shape index (κ1) is 17.4. The first-order valence-electron chi connectivity index (χ1n) is 8.47. The van der Waals surface area contributed by atoms with Crippen molar-refractivity contribution in [3.8, 4) is 0 Å². The number of imidazole rings is 1. The monoisotopic (exact) mass is 370 g/mol. The fraction of sp³-hybridized carbons (Fsp3) is 0.333. The molecule has 140 valence electrons. The Bertz CT molecular complexity index is 1030. The van der Waals surface area contributed by atoms with Crippen LogP contribution in [0.2, 0.25) is 0 Å². The fourth-order valence-electron chi connectivity index (χ4n) is 3.48. The molecule has 4 N–H and O–H groups in total. The summed E-state index contributed by atoms with van der Waals surface area (Å²) >= 11 is 0. The van der Waals surface area contributed by atoms with E-state index in [1.165, 1.54) is 24.7 Å². The van der Waals surface area contributed by atoms with Crippen LogP contribution < -0.4 is 9.88 Å². The molecule has 0 amide bonds. The van der Waals surface area contributed by atoms with Crippen LogP contribution in [-0.4, -0.2) is 47.5 Å². The number of hydrogen-bond donors (Lipinski definition) is 4. The van der Waals surface area contributed by atoms with E-state index in [4.69, 9.17) is 0 Å². The van der Waals surface area contributed by atoms with Gasteiger partial charge in [-0.1, -0.05) is 35.3 Å². The second kappa shape index (κ2) is 5.73. The number of aromatic nitrogens is 4. The molecule has 9 nitrogen and oxygen atoms in total. The van der Waals surface area contributed by atoms with E-state index in [0.717, 1.165) is 5.56 Å². The number of aliphatic carboxylic acids is 1. The van der Waals surface area contributed by atoms with E-state index in [0.29, 0.717) is 17.7 Å². The van der Waals surface area contributed by atoms with Gasteiger partial charge in [-0.2, -0.15) is 0 Å². The van der Waals surface area contributed by atoms with Gasteiger partial charge in [-0.25, -0.2) is 14.3 Å². The third-order valence-corrected chi connectivity index (χ3v) is 5.14. The molecule has 4 rings (SSSR count). The van der Waals surface area contributed by atoms with Gasteiger partial charge in [-0.05, 0) is 12.5 Å². The fourth-order valence-corrected chi connectivity index (χ4v) is 3.48. The third kappa shape index (κ3) is 2.47. The number of anilines is 1. The minimum absolute atomic E-state index is 0.284. The summed E-state index contributed by atoms with van der Waals surface area (Å²) in [4.78, 5) is 20.5. The molecule has 0 radical (unpaired) electrons. The average molecular weight is 370 g/mol. The second-order valence-corrected chi connectivity index (χ2v) is 7.12. The molecule has 9 heteroatoms. The van der Waals surface area contributed by atoms with E-state index in [1.807, 2.05) is 34.9 Å². The van der Waals surface area contributed by atoms with Crippen LogP contribution in [0.4, 0.5) is 5.82 Å². The molecule has 1 aromatic carbocycles. The summed E-state index contributed by atoms with van der Waals surface area (Å²) in [5.41, 5.74) is -1.65. The number of hydrogen-bond acceptors (Lipinski definition) is 6. The standard InChI is InChI=1S/C18H19N5O4/c1-17(16(25)26)15(24)18(2,27)23-10-20-13-12(14(23)21-17)19-9-22(13)8-11-6-4-3-5-7-11/h3-7,9-10,15,24,27H,8H2,1-2H3,(H,25,26)/p+1/t15-,17+,18-/m1/s1. The summed E-state index contributed by atoms with van der Waals surface area (Å²) in [6.45, 7) is 3.21. The molecule has 0 saturated heterocycles. The highest BCUT2D eigenvalue weighted by Gasteiger charge is 2.59. The van der Waals surface area contributed by atoms with Gasteiger partial charge in [0.25, 0.3) is 5.82 Å². The van der Waals surface area contributed by atoms with Gasteiger partial charge in [-0.3, -0.25) is 9.88 Å². The number of aliphatic hydroxyl groups excluding tert-OH is 1. The Labute approximate surface area is 154 Å². The molecular weight excluding hydrogens is 350 g/mol. The van der Waals surface area contributed by atoms with Crippen molar-refractivity contribution in [1.29, 1.82) is 0 Å². The predicted octanol–water partition coefficient (Wildman–Crippen LogP) is 0.0618. The van der Waals surface area contributed by atoms with Gasteiger partial charge < -0.3 is 15.3 Å². The number of carboxylic acids is 1. The molecular formula is C18H20N5O4+. The van der Waals surface area contributed by atoms with Crippen LogP contribution in [0.25, 0.3) is 11.2 Å². The highest BCUT2D eigenvalue weighted by Crippen LogP contribution is 2.33. The number of benzene rings is 1. The summed E-state index contributed by atoms with van der Waals surface area (Å²) in [6.07, 6.45) is 1.38. The number of rotatable bonds is 3. The lowest BCUT2D eigenvalue weighted by Crippen LogP contribution is -2.75. The van der Waals surface area contributed by atoms with E-state index < -0.39 is 23.3 Å². The number of nitrogens with one attached hydrogen (secondary N) is 1. The van der Waals surface area contributed by atoms with Crippen LogP contribution in [-0.2, 0) is 17.1 Å². The van der Waals surface area contributed by atoms with E-state index in [9.17, 15) is 20.1 Å². The maximum atomic E-state index is 11.8. The van der Waals surface area contributed by atoms with Crippen molar-refractivity contribution >= 4 is 23.0 Å². The minimum Gasteiger partial charge on any atom is -0.478 e. The smallest absolute Gasteiger partial charge is 0.346 e. The highest BCUT2D eigenvalue weighted by molar-refractivity contribution is 5.88. The molecule has 0 unspecified atom stereocenters. The van der Waals surface area contributed by atoms with Crippen molar-refractivity contribution in [3.63, 3.8) is 0 Å². The minimum atomic E-state index is -1.88. The summed E-state index contributed by atoms with van der Waals surface area (Å²) < 4.78 is 3.15. The summed E-state index contributed by atoms with van der Waals surface area (Å²) in [5.74, 6) is -0.998. The van der Waals surface area contributed by atoms with E-state index in [1.54, 1.807) is 6.33 Å². The Morgan fingerprint density at radius 1 is 1.30 bits per heavy atom. The predicted molar refractivity (Wildman–Crippen MR) is 94.8 cm³/mol. The Kier molecular flexibility index (Phi) is 3.69. The van der Waals surface area contributed by atoms with Crippen molar-refractivity contribution in [1.82, 2.24) is 14.5 Å². The molecule has 0 spiro atoms. The van der Waals surface area contributed by atoms with Crippen LogP contribution in [0, 0.1) is 0 Å². The Morgan fingerprint density at radius 2 is 2.00 bits per heavy atom. The number of carboxylic acid groups (broad SMARTS) is 1. The van der Waals surface area contributed by atoms with Crippen molar-refractivity contribution in [2.45, 2.75) is 37.8 Å². The number of nitrogens with zero attached hydrogens (tertiary/aromatic N) is 4. The van der Waals surface area contributed by atoms with Crippen LogP contribution in [0.5, 0.6) is 0 Å². The zero-order valence-electron chi connectivity index (χ0n) is 14.9. The molecule has 2 aromatic heterocycles. The lowest BCUT2D eigenvalue weighted by atomic mass is 9.85. The Hall–Kier alpha value is -3.04. The molecule has 3 atom stereocenters. The van der Waals surface area contributed by atoms with Gasteiger partial charge in [0, 0.05) is 6.92 Å². The molecule has 1 aliphatic rings. The van der Waals surface area contributed by atoms with Crippen molar-refractivity contribution in [2.24, 2.45) is 0 Å². The van der Waals surface area contributed by atoms with Crippen molar-refractivity contribution in [2.75, 3.05) is 5.32 Å². The summed E-state index contributed by atoms with van der Waals surface area (Å²) in [5, 5.41) is 33.7. The molecule has 27 heavy (non-hydrogen) atoms. The first-order valence-corrected chi connectivity index (χ1v) is 8.47. The largest absolute Gasteiger partial charge is 0.478 e. The highest BCUT2D eigenvalue weighted by atomic mass is 16.4. The molecule has 3 heterocycles. The molecule has 0 fully saturated rings. The van der Waals surface area contributed by atoms with E-state index >= 15 is 0 Å². The topological polar surface area (TPSA) is 124 Å².